The van der Waals surface area contributed by atoms with E-state index >= 15 is 0 Å². The van der Waals surface area contributed by atoms with Crippen molar-refractivity contribution in [3.63, 3.8) is 0 Å². The van der Waals surface area contributed by atoms with Crippen LogP contribution >= 0.6 is 11.3 Å². The van der Waals surface area contributed by atoms with Crippen LogP contribution < -0.4 is 5.32 Å². The molecule has 0 radical (unpaired) electrons. The van der Waals surface area contributed by atoms with Gasteiger partial charge in [0.2, 0.25) is 0 Å². The molecule has 0 aliphatic carbocycles. The van der Waals surface area contributed by atoms with E-state index in [1.165, 1.54) is 29.8 Å². The van der Waals surface area contributed by atoms with Crippen molar-refractivity contribution < 1.29 is 9.18 Å². The number of carbonyl (C=O) groups excluding carboxylic acids is 1. The summed E-state index contributed by atoms with van der Waals surface area (Å²) in [6, 6.07) is 3.10. The van der Waals surface area contributed by atoms with Gasteiger partial charge in [0.1, 0.15) is 11.5 Å². The minimum absolute atomic E-state index is 0.170. The van der Waals surface area contributed by atoms with Gasteiger partial charge in [0, 0.05) is 25.0 Å². The first kappa shape index (κ1) is 14.7. The number of hydrogen-bond donors (Lipinski definition) is 1. The van der Waals surface area contributed by atoms with Gasteiger partial charge in [-0.3, -0.25) is 9.78 Å². The van der Waals surface area contributed by atoms with E-state index in [4.69, 9.17) is 0 Å². The Hall–Kier alpha value is -1.86. The molecule has 2 aromatic heterocycles. The molecule has 3 saturated heterocycles. The first-order valence-electron chi connectivity index (χ1n) is 7.80. The normalized spacial score (nSPS) is 26.2. The zero-order valence-corrected chi connectivity index (χ0v) is 13.4. The van der Waals surface area contributed by atoms with Crippen molar-refractivity contribution in [2.45, 2.75) is 18.9 Å². The van der Waals surface area contributed by atoms with Gasteiger partial charge in [0.15, 0.2) is 5.01 Å². The molecule has 1 amide bonds. The van der Waals surface area contributed by atoms with Gasteiger partial charge in [-0.15, -0.1) is 11.3 Å². The van der Waals surface area contributed by atoms with E-state index in [0.717, 1.165) is 32.5 Å². The van der Waals surface area contributed by atoms with Crippen LogP contribution in [-0.4, -0.2) is 46.5 Å². The van der Waals surface area contributed by atoms with Crippen LogP contribution in [0.15, 0.2) is 24.5 Å². The SMILES string of the molecule is O=C(NC1CN2CCC1CC2)c1ncc(-c2ncccc2F)s1. The Bertz CT molecular complexity index is 726. The number of aromatic nitrogens is 2. The maximum atomic E-state index is 13.8. The number of thiazole rings is 1. The number of halogens is 1. The highest BCUT2D eigenvalue weighted by Crippen LogP contribution is 2.29. The zero-order chi connectivity index (χ0) is 15.8. The van der Waals surface area contributed by atoms with Gasteiger partial charge < -0.3 is 10.2 Å². The van der Waals surface area contributed by atoms with Gasteiger partial charge in [0.25, 0.3) is 5.91 Å². The average molecular weight is 332 g/mol. The molecular formula is C16H17FN4OS. The number of carbonyl (C=O) groups is 1. The number of pyridine rings is 1. The zero-order valence-electron chi connectivity index (χ0n) is 12.5. The van der Waals surface area contributed by atoms with E-state index < -0.39 is 5.82 Å². The average Bonchev–Trinajstić information content (AvgIpc) is 3.06. The highest BCUT2D eigenvalue weighted by Gasteiger charge is 2.35. The number of amides is 1. The molecule has 0 aromatic carbocycles. The first-order chi connectivity index (χ1) is 11.2. The third-order valence-electron chi connectivity index (χ3n) is 4.66. The van der Waals surface area contributed by atoms with Gasteiger partial charge in [-0.05, 0) is 44.0 Å². The van der Waals surface area contributed by atoms with E-state index in [9.17, 15) is 9.18 Å². The number of nitrogens with zero attached hydrogens (tertiary/aromatic N) is 3. The standard InChI is InChI=1S/C16H17FN4OS/c17-11-2-1-5-18-14(11)13-8-19-16(23-13)15(22)20-12-9-21-6-3-10(12)4-7-21/h1-2,5,8,10,12H,3-4,6-7,9H2,(H,20,22). The van der Waals surface area contributed by atoms with E-state index in [1.54, 1.807) is 6.07 Å². The summed E-state index contributed by atoms with van der Waals surface area (Å²) in [5.41, 5.74) is 0.242. The van der Waals surface area contributed by atoms with Crippen LogP contribution in [0.4, 0.5) is 4.39 Å². The van der Waals surface area contributed by atoms with Crippen molar-refractivity contribution in [1.82, 2.24) is 20.2 Å². The molecule has 5 rings (SSSR count). The summed E-state index contributed by atoms with van der Waals surface area (Å²) in [6.45, 7) is 3.19. The van der Waals surface area contributed by atoms with Crippen molar-refractivity contribution >= 4 is 17.2 Å². The lowest BCUT2D eigenvalue weighted by molar-refractivity contribution is 0.0620. The second kappa shape index (κ2) is 5.98. The fourth-order valence-corrected chi connectivity index (χ4v) is 4.23. The quantitative estimate of drug-likeness (QED) is 0.936. The number of hydrogen-bond acceptors (Lipinski definition) is 5. The van der Waals surface area contributed by atoms with Crippen LogP contribution in [0.25, 0.3) is 10.6 Å². The summed E-state index contributed by atoms with van der Waals surface area (Å²) in [5.74, 6) is -0.00606. The molecule has 2 bridgehead atoms. The molecule has 2 aromatic rings. The largest absolute Gasteiger partial charge is 0.346 e. The lowest BCUT2D eigenvalue weighted by Crippen LogP contribution is -2.57. The summed E-state index contributed by atoms with van der Waals surface area (Å²) >= 11 is 1.18. The Balaban J connectivity index is 1.48. The lowest BCUT2D eigenvalue weighted by Gasteiger charge is -2.44. The predicted octanol–water partition coefficient (Wildman–Crippen LogP) is 2.17. The Kier molecular flexibility index (Phi) is 3.82. The van der Waals surface area contributed by atoms with Crippen LogP contribution in [-0.2, 0) is 0 Å². The number of nitrogens with one attached hydrogen (secondary N) is 1. The summed E-state index contributed by atoms with van der Waals surface area (Å²) in [6.07, 6.45) is 5.34. The second-order valence-corrected chi connectivity index (χ2v) is 7.11. The third kappa shape index (κ3) is 2.86. The molecule has 1 N–H and O–H groups in total. The van der Waals surface area contributed by atoms with Crippen molar-refractivity contribution in [3.8, 4) is 10.6 Å². The highest BCUT2D eigenvalue weighted by molar-refractivity contribution is 7.16. The molecular weight excluding hydrogens is 315 g/mol. The van der Waals surface area contributed by atoms with E-state index in [0.29, 0.717) is 15.8 Å². The van der Waals surface area contributed by atoms with Crippen LogP contribution in [0.5, 0.6) is 0 Å². The summed E-state index contributed by atoms with van der Waals surface area (Å²) < 4.78 is 13.8. The molecule has 0 spiro atoms. The summed E-state index contributed by atoms with van der Waals surface area (Å²) in [4.78, 5) is 23.6. The minimum atomic E-state index is -0.402. The monoisotopic (exact) mass is 332 g/mol. The Morgan fingerprint density at radius 3 is 2.87 bits per heavy atom. The highest BCUT2D eigenvalue weighted by atomic mass is 32.1. The Labute approximate surface area is 137 Å². The van der Waals surface area contributed by atoms with Crippen LogP contribution in [0.1, 0.15) is 22.6 Å². The maximum absolute atomic E-state index is 13.8. The van der Waals surface area contributed by atoms with Gasteiger partial charge in [0.05, 0.1) is 4.88 Å². The lowest BCUT2D eigenvalue weighted by atomic mass is 9.84. The number of piperidine rings is 3. The molecule has 7 heteroatoms. The second-order valence-electron chi connectivity index (χ2n) is 6.08. The van der Waals surface area contributed by atoms with Gasteiger partial charge in [-0.1, -0.05) is 0 Å². The third-order valence-corrected chi connectivity index (χ3v) is 5.67. The summed E-state index contributed by atoms with van der Waals surface area (Å²) in [7, 11) is 0. The predicted molar refractivity (Wildman–Crippen MR) is 85.7 cm³/mol. The van der Waals surface area contributed by atoms with Crippen LogP contribution in [0.3, 0.4) is 0 Å². The summed E-state index contributed by atoms with van der Waals surface area (Å²) in [5, 5.41) is 3.46. The first-order valence-corrected chi connectivity index (χ1v) is 8.62. The van der Waals surface area contributed by atoms with Crippen LogP contribution in [0.2, 0.25) is 0 Å². The number of rotatable bonds is 3. The van der Waals surface area contributed by atoms with Crippen molar-refractivity contribution in [2.75, 3.05) is 19.6 Å². The van der Waals surface area contributed by atoms with Crippen molar-refractivity contribution in [2.24, 2.45) is 5.92 Å². The van der Waals surface area contributed by atoms with Crippen molar-refractivity contribution in [3.05, 3.63) is 35.4 Å². The molecule has 3 aliphatic heterocycles. The fourth-order valence-electron chi connectivity index (χ4n) is 3.41. The molecule has 23 heavy (non-hydrogen) atoms. The van der Waals surface area contributed by atoms with E-state index in [2.05, 4.69) is 20.2 Å². The Morgan fingerprint density at radius 2 is 2.17 bits per heavy atom. The molecule has 1 unspecified atom stereocenters. The Morgan fingerprint density at radius 1 is 1.35 bits per heavy atom. The maximum Gasteiger partial charge on any atom is 0.280 e. The number of fused-ring (bicyclic) bond motifs is 3. The van der Waals surface area contributed by atoms with Gasteiger partial charge in [-0.2, -0.15) is 0 Å². The van der Waals surface area contributed by atoms with Crippen LogP contribution in [0, 0.1) is 11.7 Å². The van der Waals surface area contributed by atoms with Gasteiger partial charge in [-0.25, -0.2) is 9.37 Å². The smallest absolute Gasteiger partial charge is 0.280 e. The molecule has 3 aliphatic rings. The molecule has 3 fully saturated rings. The molecule has 1 atom stereocenters. The fraction of sp³-hybridized carbons (Fsp3) is 0.438. The van der Waals surface area contributed by atoms with E-state index in [-0.39, 0.29) is 17.6 Å². The van der Waals surface area contributed by atoms with E-state index in [1.807, 2.05) is 0 Å². The topological polar surface area (TPSA) is 58.1 Å². The molecule has 120 valence electrons. The van der Waals surface area contributed by atoms with Gasteiger partial charge >= 0.3 is 0 Å². The molecule has 0 saturated carbocycles. The molecule has 5 heterocycles. The minimum Gasteiger partial charge on any atom is -0.346 e. The molecule has 5 nitrogen and oxygen atoms in total. The van der Waals surface area contributed by atoms with Crippen molar-refractivity contribution in [1.29, 1.82) is 0 Å².